The van der Waals surface area contributed by atoms with Crippen molar-refractivity contribution < 1.29 is 60.1 Å². The van der Waals surface area contributed by atoms with Gasteiger partial charge in [0.25, 0.3) is 11.8 Å². The third kappa shape index (κ3) is 11.7. The third-order valence-electron chi connectivity index (χ3n) is 7.57. The second-order valence-electron chi connectivity index (χ2n) is 11.7. The first-order chi connectivity index (χ1) is 25.4. The SMILES string of the molecule is COc1cc(OC)c(C(=O)Nc2cn[nH]c2C(=O)NC2CCN(S(=O)(=O)c3cccc(NC(=O)/C=C/CN(C)C)c3)CC2)c(OC)c1.O=C(O)C(F)(F)F. The molecule has 0 unspecified atom stereocenters. The van der Waals surface area contributed by atoms with E-state index in [0.717, 1.165) is 0 Å². The minimum absolute atomic E-state index is 0.0234. The minimum atomic E-state index is -5.08. The van der Waals surface area contributed by atoms with Gasteiger partial charge in [-0.2, -0.15) is 22.6 Å². The van der Waals surface area contributed by atoms with Gasteiger partial charge in [-0.05, 0) is 45.1 Å². The van der Waals surface area contributed by atoms with Crippen LogP contribution in [-0.4, -0.2) is 124 Å². The van der Waals surface area contributed by atoms with Crippen molar-refractivity contribution in [3.05, 3.63) is 66.0 Å². The summed E-state index contributed by atoms with van der Waals surface area (Å²) in [5.41, 5.74) is 0.614. The normalized spacial score (nSPS) is 13.8. The lowest BCUT2D eigenvalue weighted by Gasteiger charge is -2.31. The molecule has 294 valence electrons. The van der Waals surface area contributed by atoms with Crippen molar-refractivity contribution >= 4 is 45.1 Å². The number of alkyl halides is 3. The van der Waals surface area contributed by atoms with E-state index in [1.807, 2.05) is 19.0 Å². The van der Waals surface area contributed by atoms with Gasteiger partial charge in [-0.15, -0.1) is 0 Å². The molecule has 54 heavy (non-hydrogen) atoms. The number of carbonyl (C=O) groups excluding carboxylic acids is 3. The first-order valence-corrected chi connectivity index (χ1v) is 17.3. The van der Waals surface area contributed by atoms with E-state index in [9.17, 15) is 36.0 Å². The minimum Gasteiger partial charge on any atom is -0.496 e. The molecule has 3 aromatic rings. The van der Waals surface area contributed by atoms with Crippen LogP contribution in [0.1, 0.15) is 33.7 Å². The molecule has 2 aromatic carbocycles. The van der Waals surface area contributed by atoms with Crippen molar-refractivity contribution in [3.8, 4) is 17.2 Å². The monoisotopic (exact) mass is 783 g/mol. The maximum absolute atomic E-state index is 13.4. The first-order valence-electron chi connectivity index (χ1n) is 15.9. The molecule has 0 bridgehead atoms. The Morgan fingerprint density at radius 3 is 2.15 bits per heavy atom. The van der Waals surface area contributed by atoms with Crippen LogP contribution in [0.3, 0.4) is 0 Å². The third-order valence-corrected chi connectivity index (χ3v) is 9.46. The topological polar surface area (TPSA) is 222 Å². The second-order valence-corrected chi connectivity index (χ2v) is 13.6. The number of ether oxygens (including phenoxy) is 3. The van der Waals surface area contributed by atoms with Crippen LogP contribution in [0.2, 0.25) is 0 Å². The molecular formula is C33H40F3N7O10S. The Balaban J connectivity index is 0.00000102. The van der Waals surface area contributed by atoms with E-state index < -0.39 is 34.0 Å². The molecule has 0 radical (unpaired) electrons. The fourth-order valence-corrected chi connectivity index (χ4v) is 6.42. The van der Waals surface area contributed by atoms with Crippen LogP contribution in [0, 0.1) is 0 Å². The van der Waals surface area contributed by atoms with E-state index in [4.69, 9.17) is 24.1 Å². The summed E-state index contributed by atoms with van der Waals surface area (Å²) in [6.07, 6.45) is 0.0401. The Kier molecular flexibility index (Phi) is 15.0. The molecule has 3 amide bonds. The number of carboxylic acids is 1. The predicted octanol–water partition coefficient (Wildman–Crippen LogP) is 2.96. The number of hydrogen-bond acceptors (Lipinski definition) is 11. The number of methoxy groups -OCH3 is 3. The highest BCUT2D eigenvalue weighted by Gasteiger charge is 2.38. The molecule has 0 atom stereocenters. The molecule has 17 nitrogen and oxygen atoms in total. The van der Waals surface area contributed by atoms with Crippen molar-refractivity contribution in [3.63, 3.8) is 0 Å². The molecule has 1 aromatic heterocycles. The van der Waals surface area contributed by atoms with Gasteiger partial charge in [0.05, 0.1) is 38.1 Å². The van der Waals surface area contributed by atoms with Crippen molar-refractivity contribution in [2.75, 3.05) is 65.7 Å². The Bertz CT molecular complexity index is 1920. The van der Waals surface area contributed by atoms with E-state index in [2.05, 4.69) is 26.1 Å². The van der Waals surface area contributed by atoms with Crippen LogP contribution < -0.4 is 30.2 Å². The van der Waals surface area contributed by atoms with Crippen LogP contribution in [0.5, 0.6) is 17.2 Å². The zero-order valence-corrected chi connectivity index (χ0v) is 30.6. The number of amides is 3. The second kappa shape index (κ2) is 18.9. The van der Waals surface area contributed by atoms with Gasteiger partial charge in [0.2, 0.25) is 15.9 Å². The molecule has 1 fully saturated rings. The Morgan fingerprint density at radius 2 is 1.61 bits per heavy atom. The van der Waals surface area contributed by atoms with Crippen molar-refractivity contribution in [2.45, 2.75) is 30.0 Å². The van der Waals surface area contributed by atoms with Crippen molar-refractivity contribution in [1.29, 1.82) is 0 Å². The highest BCUT2D eigenvalue weighted by molar-refractivity contribution is 7.89. The summed E-state index contributed by atoms with van der Waals surface area (Å²) in [6.45, 7) is 0.926. The lowest BCUT2D eigenvalue weighted by Crippen LogP contribution is -2.46. The van der Waals surface area contributed by atoms with Gasteiger partial charge in [0.1, 0.15) is 28.5 Å². The van der Waals surface area contributed by atoms with Gasteiger partial charge in [0.15, 0.2) is 0 Å². The number of likely N-dealkylation sites (N-methyl/N-ethyl adjacent to an activating group) is 1. The van der Waals surface area contributed by atoms with Crippen molar-refractivity contribution in [2.24, 2.45) is 0 Å². The number of nitrogens with one attached hydrogen (secondary N) is 4. The number of piperidine rings is 1. The molecule has 1 aliphatic rings. The lowest BCUT2D eigenvalue weighted by molar-refractivity contribution is -0.192. The highest BCUT2D eigenvalue weighted by atomic mass is 32.2. The summed E-state index contributed by atoms with van der Waals surface area (Å²) in [6, 6.07) is 8.83. The van der Waals surface area contributed by atoms with Gasteiger partial charge < -0.3 is 40.2 Å². The number of H-pyrrole nitrogens is 1. The summed E-state index contributed by atoms with van der Waals surface area (Å²) in [5, 5.41) is 21.9. The number of nitrogens with zero attached hydrogens (tertiary/aromatic N) is 3. The zero-order valence-electron chi connectivity index (χ0n) is 29.8. The molecule has 2 heterocycles. The maximum atomic E-state index is 13.4. The number of carboxylic acid groups (broad SMARTS) is 1. The number of carbonyl (C=O) groups is 4. The van der Waals surface area contributed by atoms with Crippen molar-refractivity contribution in [1.82, 2.24) is 24.7 Å². The van der Waals surface area contributed by atoms with Gasteiger partial charge >= 0.3 is 12.1 Å². The molecule has 4 rings (SSSR count). The fraction of sp³-hybridized carbons (Fsp3) is 0.364. The number of hydrogen-bond donors (Lipinski definition) is 5. The highest BCUT2D eigenvalue weighted by Crippen LogP contribution is 2.35. The maximum Gasteiger partial charge on any atom is 0.490 e. The largest absolute Gasteiger partial charge is 0.496 e. The number of rotatable bonds is 13. The van der Waals surface area contributed by atoms with E-state index in [-0.39, 0.29) is 58.4 Å². The number of aliphatic carboxylic acids is 1. The molecule has 1 aliphatic heterocycles. The molecule has 5 N–H and O–H groups in total. The van der Waals surface area contributed by atoms with Crippen LogP contribution in [0.25, 0.3) is 0 Å². The molecule has 0 aliphatic carbocycles. The number of halogens is 3. The Morgan fingerprint density at radius 1 is 1.00 bits per heavy atom. The van der Waals surface area contributed by atoms with Gasteiger partial charge in [-0.1, -0.05) is 12.1 Å². The summed E-state index contributed by atoms with van der Waals surface area (Å²) in [5.74, 6) is -3.39. The average Bonchev–Trinajstić information content (AvgIpc) is 3.59. The smallest absolute Gasteiger partial charge is 0.490 e. The van der Waals surface area contributed by atoms with Gasteiger partial charge in [-0.3, -0.25) is 19.5 Å². The zero-order chi connectivity index (χ0) is 40.2. The average molecular weight is 784 g/mol. The molecular weight excluding hydrogens is 743 g/mol. The van der Waals surface area contributed by atoms with Gasteiger partial charge in [-0.25, -0.2) is 13.2 Å². The predicted molar refractivity (Wildman–Crippen MR) is 188 cm³/mol. The summed E-state index contributed by atoms with van der Waals surface area (Å²) >= 11 is 0. The Labute approximate surface area is 308 Å². The van der Waals surface area contributed by atoms with Crippen LogP contribution in [-0.2, 0) is 19.6 Å². The summed E-state index contributed by atoms with van der Waals surface area (Å²) in [7, 11) is 4.19. The first kappa shape index (κ1) is 42.7. The van der Waals surface area contributed by atoms with E-state index in [1.165, 1.54) is 62.2 Å². The molecule has 0 spiro atoms. The van der Waals surface area contributed by atoms with Crippen LogP contribution in [0.4, 0.5) is 24.5 Å². The standard InChI is InChI=1S/C31H39N7O8S.C2HF3O2/c1-37(2)13-7-10-27(39)33-21-8-6-9-23(16-21)47(42,43)38-14-11-20(12-15-38)34-31(41)29-24(19-32-36-29)35-30(40)28-25(45-4)17-22(44-3)18-26(28)46-5;3-2(4,5)1(6)7/h6-10,16-20H,11-15H2,1-5H3,(H,32,36)(H,33,39)(H,34,41)(H,35,40);(H,6,7)/b10-7+;. The molecule has 21 heteroatoms. The fourth-order valence-electron chi connectivity index (χ4n) is 4.90. The molecule has 0 saturated carbocycles. The number of aromatic amines is 1. The van der Waals surface area contributed by atoms with Crippen LogP contribution >= 0.6 is 0 Å². The van der Waals surface area contributed by atoms with Crippen LogP contribution in [0.15, 0.2) is 59.6 Å². The van der Waals surface area contributed by atoms with Gasteiger partial charge in [0, 0.05) is 49.6 Å². The van der Waals surface area contributed by atoms with E-state index in [1.54, 1.807) is 18.2 Å². The summed E-state index contributed by atoms with van der Waals surface area (Å²) < 4.78 is 75.9. The number of sulfonamides is 1. The number of anilines is 2. The Hall–Kier alpha value is -5.67. The number of aromatic nitrogens is 2. The van der Waals surface area contributed by atoms with E-state index in [0.29, 0.717) is 30.8 Å². The quantitative estimate of drug-likeness (QED) is 0.158. The molecule has 1 saturated heterocycles. The number of benzene rings is 2. The van der Waals surface area contributed by atoms with E-state index >= 15 is 0 Å². The summed E-state index contributed by atoms with van der Waals surface area (Å²) in [4.78, 5) is 49.5. The lowest BCUT2D eigenvalue weighted by atomic mass is 10.1.